The highest BCUT2D eigenvalue weighted by atomic mass is 19.1. The van der Waals surface area contributed by atoms with Gasteiger partial charge >= 0.3 is 12.0 Å². The minimum atomic E-state index is -0.740. The Morgan fingerprint density at radius 2 is 2.00 bits per heavy atom. The second kappa shape index (κ2) is 8.99. The maximum absolute atomic E-state index is 13.7. The van der Waals surface area contributed by atoms with Crippen LogP contribution in [-0.2, 0) is 9.53 Å². The fourth-order valence-electron chi connectivity index (χ4n) is 3.65. The lowest BCUT2D eigenvalue weighted by Gasteiger charge is -2.31. The van der Waals surface area contributed by atoms with E-state index in [1.165, 1.54) is 25.0 Å². The number of nitrogens with zero attached hydrogens (tertiary/aromatic N) is 1. The predicted molar refractivity (Wildman–Crippen MR) is 99.4 cm³/mol. The molecule has 27 heavy (non-hydrogen) atoms. The van der Waals surface area contributed by atoms with Crippen molar-refractivity contribution in [3.63, 3.8) is 0 Å². The van der Waals surface area contributed by atoms with Crippen LogP contribution >= 0.6 is 0 Å². The molecule has 1 unspecified atom stereocenters. The van der Waals surface area contributed by atoms with E-state index in [9.17, 15) is 14.0 Å². The molecule has 3 rings (SSSR count). The lowest BCUT2D eigenvalue weighted by molar-refractivity contribution is -0.139. The summed E-state index contributed by atoms with van der Waals surface area (Å²) in [6, 6.07) is 4.79. The van der Waals surface area contributed by atoms with Crippen molar-refractivity contribution in [3.05, 3.63) is 46.9 Å². The molecule has 1 saturated heterocycles. The number of carbonyl (C=O) groups excluding carboxylic acids is 2. The number of carbonyl (C=O) groups is 2. The maximum atomic E-state index is 13.7. The number of likely N-dealkylation sites (tertiary alicyclic amines) is 1. The van der Waals surface area contributed by atoms with Gasteiger partial charge in [0, 0.05) is 12.2 Å². The molecular weight excluding hydrogens is 349 g/mol. The van der Waals surface area contributed by atoms with E-state index in [0.717, 1.165) is 25.9 Å². The first-order valence-electron chi connectivity index (χ1n) is 9.54. The smallest absolute Gasteiger partial charge is 0.338 e. The first-order chi connectivity index (χ1) is 13.1. The van der Waals surface area contributed by atoms with Gasteiger partial charge in [-0.15, -0.1) is 0 Å². The first kappa shape index (κ1) is 19.4. The monoisotopic (exact) mass is 375 g/mol. The van der Waals surface area contributed by atoms with Gasteiger partial charge in [0.2, 0.25) is 0 Å². The third-order valence-corrected chi connectivity index (χ3v) is 4.91. The molecule has 0 spiro atoms. The van der Waals surface area contributed by atoms with Crippen LogP contribution in [0.3, 0.4) is 0 Å². The van der Waals surface area contributed by atoms with Crippen LogP contribution in [0.2, 0.25) is 0 Å². The zero-order valence-electron chi connectivity index (χ0n) is 15.6. The Hall–Kier alpha value is -2.41. The number of rotatable bonds is 5. The second-order valence-corrected chi connectivity index (χ2v) is 6.89. The molecule has 146 valence electrons. The van der Waals surface area contributed by atoms with E-state index in [-0.39, 0.29) is 6.61 Å². The predicted octanol–water partition coefficient (Wildman–Crippen LogP) is 2.87. The Morgan fingerprint density at radius 3 is 2.67 bits per heavy atom. The molecule has 2 N–H and O–H groups in total. The Labute approximate surface area is 158 Å². The fraction of sp³-hybridized carbons (Fsp3) is 0.500. The number of halogens is 1. The number of amides is 2. The molecule has 0 saturated carbocycles. The minimum Gasteiger partial charge on any atom is -0.463 e. The maximum Gasteiger partial charge on any atom is 0.338 e. The summed E-state index contributed by atoms with van der Waals surface area (Å²) in [7, 11) is 0. The summed E-state index contributed by atoms with van der Waals surface area (Å²) in [4.78, 5) is 27.2. The van der Waals surface area contributed by atoms with Gasteiger partial charge in [0.05, 0.1) is 18.2 Å². The zero-order chi connectivity index (χ0) is 19.2. The molecule has 2 aliphatic heterocycles. The van der Waals surface area contributed by atoms with Crippen molar-refractivity contribution in [1.29, 1.82) is 0 Å². The number of hydrogen-bond acceptors (Lipinski definition) is 4. The lowest BCUT2D eigenvalue weighted by Crippen LogP contribution is -2.48. The molecule has 1 aromatic rings. The molecular formula is C20H26FN3O3. The van der Waals surface area contributed by atoms with E-state index in [4.69, 9.17) is 4.74 Å². The Bertz CT molecular complexity index is 727. The quantitative estimate of drug-likeness (QED) is 0.777. The average molecular weight is 375 g/mol. The van der Waals surface area contributed by atoms with Crippen LogP contribution in [0.15, 0.2) is 35.5 Å². The molecule has 0 aromatic heterocycles. The normalized spacial score (nSPS) is 21.3. The lowest BCUT2D eigenvalue weighted by atomic mass is 9.95. The Morgan fingerprint density at radius 1 is 1.26 bits per heavy atom. The number of urea groups is 1. The number of ether oxygens (including phenoxy) is 1. The topological polar surface area (TPSA) is 70.7 Å². The molecule has 0 radical (unpaired) electrons. The molecule has 1 aromatic carbocycles. The summed E-state index contributed by atoms with van der Waals surface area (Å²) in [5.41, 5.74) is 1.39. The summed E-state index contributed by atoms with van der Waals surface area (Å²) < 4.78 is 19.0. The van der Waals surface area contributed by atoms with Crippen molar-refractivity contribution < 1.29 is 18.7 Å². The highest BCUT2D eigenvalue weighted by Crippen LogP contribution is 2.29. The Kier molecular flexibility index (Phi) is 6.45. The van der Waals surface area contributed by atoms with Gasteiger partial charge in [-0.2, -0.15) is 0 Å². The van der Waals surface area contributed by atoms with E-state index in [1.54, 1.807) is 19.1 Å². The van der Waals surface area contributed by atoms with Crippen LogP contribution in [-0.4, -0.2) is 43.1 Å². The van der Waals surface area contributed by atoms with Crippen molar-refractivity contribution in [1.82, 2.24) is 15.5 Å². The zero-order valence-corrected chi connectivity index (χ0v) is 15.6. The van der Waals surface area contributed by atoms with Gasteiger partial charge in [-0.25, -0.2) is 14.0 Å². The average Bonchev–Trinajstić information content (AvgIpc) is 2.90. The van der Waals surface area contributed by atoms with Crippen LogP contribution in [0.5, 0.6) is 0 Å². The van der Waals surface area contributed by atoms with Crippen LogP contribution in [0.1, 0.15) is 44.2 Å². The summed E-state index contributed by atoms with van der Waals surface area (Å²) in [6.45, 7) is 4.27. The molecule has 0 aliphatic carbocycles. The highest BCUT2D eigenvalue weighted by molar-refractivity contribution is 5.95. The van der Waals surface area contributed by atoms with E-state index < -0.39 is 23.9 Å². The SMILES string of the molecule is CCOC(=O)C1=C(CN2CCCCCC2)NC(=O)NC1c1cccc(F)c1. The van der Waals surface area contributed by atoms with E-state index in [1.807, 2.05) is 0 Å². The molecule has 1 fully saturated rings. The van der Waals surface area contributed by atoms with Crippen molar-refractivity contribution in [2.24, 2.45) is 0 Å². The van der Waals surface area contributed by atoms with Crippen molar-refractivity contribution >= 4 is 12.0 Å². The molecule has 1 atom stereocenters. The third-order valence-electron chi connectivity index (χ3n) is 4.91. The van der Waals surface area contributed by atoms with E-state index in [2.05, 4.69) is 15.5 Å². The summed E-state index contributed by atoms with van der Waals surface area (Å²) >= 11 is 0. The molecule has 0 bridgehead atoms. The standard InChI is InChI=1S/C20H26FN3O3/c1-2-27-19(25)17-16(13-24-10-5-3-4-6-11-24)22-20(26)23-18(17)14-8-7-9-15(21)12-14/h7-9,12,18H,2-6,10-11,13H2,1H3,(H2,22,23,26). The van der Waals surface area contributed by atoms with E-state index >= 15 is 0 Å². The van der Waals surface area contributed by atoms with Gasteiger partial charge in [-0.05, 0) is 50.6 Å². The molecule has 2 amide bonds. The first-order valence-corrected chi connectivity index (χ1v) is 9.54. The van der Waals surface area contributed by atoms with Gasteiger partial charge in [0.1, 0.15) is 5.82 Å². The van der Waals surface area contributed by atoms with Crippen LogP contribution in [0.25, 0.3) is 0 Å². The van der Waals surface area contributed by atoms with Crippen molar-refractivity contribution in [3.8, 4) is 0 Å². The van der Waals surface area contributed by atoms with Crippen molar-refractivity contribution in [2.45, 2.75) is 38.6 Å². The van der Waals surface area contributed by atoms with Gasteiger partial charge in [-0.3, -0.25) is 4.90 Å². The van der Waals surface area contributed by atoms with Crippen LogP contribution in [0, 0.1) is 5.82 Å². The van der Waals surface area contributed by atoms with Crippen molar-refractivity contribution in [2.75, 3.05) is 26.2 Å². The third kappa shape index (κ3) is 4.86. The molecule has 2 heterocycles. The largest absolute Gasteiger partial charge is 0.463 e. The van der Waals surface area contributed by atoms with Gasteiger partial charge in [0.15, 0.2) is 0 Å². The number of benzene rings is 1. The number of esters is 1. The summed E-state index contributed by atoms with van der Waals surface area (Å²) in [5, 5.41) is 5.52. The van der Waals surface area contributed by atoms with Crippen LogP contribution < -0.4 is 10.6 Å². The number of hydrogen-bond donors (Lipinski definition) is 2. The van der Waals surface area contributed by atoms with Gasteiger partial charge in [-0.1, -0.05) is 25.0 Å². The highest BCUT2D eigenvalue weighted by Gasteiger charge is 2.34. The molecule has 6 nitrogen and oxygen atoms in total. The molecule has 7 heteroatoms. The summed E-state index contributed by atoms with van der Waals surface area (Å²) in [5.74, 6) is -0.915. The fourth-order valence-corrected chi connectivity index (χ4v) is 3.65. The van der Waals surface area contributed by atoms with Gasteiger partial charge in [0.25, 0.3) is 0 Å². The minimum absolute atomic E-state index is 0.225. The number of nitrogens with one attached hydrogen (secondary N) is 2. The van der Waals surface area contributed by atoms with Crippen LogP contribution in [0.4, 0.5) is 9.18 Å². The van der Waals surface area contributed by atoms with E-state index in [0.29, 0.717) is 23.4 Å². The molecule has 2 aliphatic rings. The van der Waals surface area contributed by atoms with Gasteiger partial charge < -0.3 is 15.4 Å². The summed E-state index contributed by atoms with van der Waals surface area (Å²) in [6.07, 6.45) is 4.59. The second-order valence-electron chi connectivity index (χ2n) is 6.89. The Balaban J connectivity index is 1.97.